The highest BCUT2D eigenvalue weighted by atomic mass is 19.1. The number of rotatable bonds is 6. The van der Waals surface area contributed by atoms with Gasteiger partial charge in [-0.3, -0.25) is 9.69 Å². The number of amides is 1. The van der Waals surface area contributed by atoms with E-state index >= 15 is 0 Å². The fourth-order valence-electron chi connectivity index (χ4n) is 3.48. The summed E-state index contributed by atoms with van der Waals surface area (Å²) in [5.74, 6) is 1.19. The van der Waals surface area contributed by atoms with E-state index < -0.39 is 6.10 Å². The van der Waals surface area contributed by atoms with Crippen LogP contribution in [0, 0.1) is 12.7 Å². The number of aromatic nitrogens is 2. The van der Waals surface area contributed by atoms with Crippen LogP contribution in [0.2, 0.25) is 0 Å². The number of ether oxygens (including phenoxy) is 1. The molecule has 1 fully saturated rings. The van der Waals surface area contributed by atoms with E-state index in [1.807, 2.05) is 31.2 Å². The number of halogens is 1. The molecule has 1 aliphatic heterocycles. The van der Waals surface area contributed by atoms with Crippen molar-refractivity contribution >= 4 is 5.91 Å². The van der Waals surface area contributed by atoms with Gasteiger partial charge in [0.05, 0.1) is 6.54 Å². The summed E-state index contributed by atoms with van der Waals surface area (Å²) in [6, 6.07) is 13.6. The van der Waals surface area contributed by atoms with Gasteiger partial charge in [0.1, 0.15) is 11.6 Å². The van der Waals surface area contributed by atoms with Crippen LogP contribution in [0.25, 0.3) is 11.4 Å². The minimum Gasteiger partial charge on any atom is -0.481 e. The Morgan fingerprint density at radius 1 is 1.10 bits per heavy atom. The predicted molar refractivity (Wildman–Crippen MR) is 113 cm³/mol. The second-order valence-corrected chi connectivity index (χ2v) is 7.69. The van der Waals surface area contributed by atoms with Crippen LogP contribution in [-0.4, -0.2) is 58.1 Å². The van der Waals surface area contributed by atoms with Gasteiger partial charge in [0.2, 0.25) is 11.7 Å². The molecule has 0 saturated carbocycles. The van der Waals surface area contributed by atoms with E-state index in [2.05, 4.69) is 15.0 Å². The summed E-state index contributed by atoms with van der Waals surface area (Å²) in [7, 11) is 0. The number of benzene rings is 2. The van der Waals surface area contributed by atoms with Gasteiger partial charge in [0.15, 0.2) is 6.10 Å². The zero-order chi connectivity index (χ0) is 21.8. The van der Waals surface area contributed by atoms with Gasteiger partial charge >= 0.3 is 0 Å². The van der Waals surface area contributed by atoms with E-state index in [1.165, 1.54) is 29.8 Å². The molecule has 0 radical (unpaired) electrons. The van der Waals surface area contributed by atoms with E-state index in [9.17, 15) is 9.18 Å². The third kappa shape index (κ3) is 5.27. The quantitative estimate of drug-likeness (QED) is 0.605. The molecule has 1 unspecified atom stereocenters. The minimum absolute atomic E-state index is 0.0802. The van der Waals surface area contributed by atoms with Crippen LogP contribution in [0.3, 0.4) is 0 Å². The molecule has 31 heavy (non-hydrogen) atoms. The Balaban J connectivity index is 1.27. The third-order valence-electron chi connectivity index (χ3n) is 5.29. The molecule has 1 aliphatic rings. The molecule has 7 nitrogen and oxygen atoms in total. The van der Waals surface area contributed by atoms with E-state index in [0.29, 0.717) is 50.2 Å². The van der Waals surface area contributed by atoms with E-state index in [-0.39, 0.29) is 11.7 Å². The maximum absolute atomic E-state index is 13.0. The van der Waals surface area contributed by atoms with Crippen LogP contribution < -0.4 is 4.74 Å². The molecule has 1 amide bonds. The van der Waals surface area contributed by atoms with Gasteiger partial charge in [-0.2, -0.15) is 4.98 Å². The predicted octanol–water partition coefficient (Wildman–Crippen LogP) is 3.30. The molecule has 4 rings (SSSR count). The Kier molecular flexibility index (Phi) is 6.27. The van der Waals surface area contributed by atoms with Crippen molar-refractivity contribution in [3.63, 3.8) is 0 Å². The van der Waals surface area contributed by atoms with Crippen LogP contribution in [0.15, 0.2) is 53.1 Å². The Morgan fingerprint density at radius 2 is 1.77 bits per heavy atom. The number of aryl methyl sites for hydroxylation is 1. The molecule has 1 atom stereocenters. The standard InChI is InChI=1S/C23H25FN4O3/c1-16-3-5-18(6-4-16)22-25-21(31-26-22)15-27-11-13-28(14-12-27)23(29)17(2)30-20-9-7-19(24)8-10-20/h3-10,17H,11-15H2,1-2H3. The number of hydrogen-bond acceptors (Lipinski definition) is 6. The lowest BCUT2D eigenvalue weighted by Gasteiger charge is -2.35. The van der Waals surface area contributed by atoms with Crippen LogP contribution in [0.5, 0.6) is 5.75 Å². The molecular weight excluding hydrogens is 399 g/mol. The molecule has 1 aromatic heterocycles. The van der Waals surface area contributed by atoms with Crippen molar-refractivity contribution < 1.29 is 18.4 Å². The maximum Gasteiger partial charge on any atom is 0.263 e. The maximum atomic E-state index is 13.0. The number of piperazine rings is 1. The van der Waals surface area contributed by atoms with Crippen molar-refractivity contribution in [3.8, 4) is 17.1 Å². The molecule has 0 aliphatic carbocycles. The SMILES string of the molecule is Cc1ccc(-c2noc(CN3CCN(C(=O)C(C)Oc4ccc(F)cc4)CC3)n2)cc1. The van der Waals surface area contributed by atoms with Gasteiger partial charge in [-0.25, -0.2) is 4.39 Å². The van der Waals surface area contributed by atoms with Crippen molar-refractivity contribution in [2.45, 2.75) is 26.5 Å². The lowest BCUT2D eigenvalue weighted by Crippen LogP contribution is -2.51. The van der Waals surface area contributed by atoms with Gasteiger partial charge in [0, 0.05) is 31.7 Å². The van der Waals surface area contributed by atoms with Crippen molar-refractivity contribution in [3.05, 3.63) is 65.8 Å². The zero-order valence-corrected chi connectivity index (χ0v) is 17.6. The highest BCUT2D eigenvalue weighted by Gasteiger charge is 2.27. The van der Waals surface area contributed by atoms with Crippen molar-refractivity contribution in [1.29, 1.82) is 0 Å². The second-order valence-electron chi connectivity index (χ2n) is 7.69. The Bertz CT molecular complexity index is 1010. The molecule has 8 heteroatoms. The van der Waals surface area contributed by atoms with Crippen molar-refractivity contribution in [1.82, 2.24) is 19.9 Å². The summed E-state index contributed by atoms with van der Waals surface area (Å²) in [5.41, 5.74) is 2.10. The molecule has 3 aromatic rings. The number of carbonyl (C=O) groups is 1. The second kappa shape index (κ2) is 9.26. The first-order valence-corrected chi connectivity index (χ1v) is 10.3. The lowest BCUT2D eigenvalue weighted by atomic mass is 10.1. The largest absolute Gasteiger partial charge is 0.481 e. The summed E-state index contributed by atoms with van der Waals surface area (Å²) in [6.45, 7) is 6.88. The highest BCUT2D eigenvalue weighted by molar-refractivity contribution is 5.81. The summed E-state index contributed by atoms with van der Waals surface area (Å²) in [4.78, 5) is 21.1. The van der Waals surface area contributed by atoms with Gasteiger partial charge in [-0.1, -0.05) is 35.0 Å². The summed E-state index contributed by atoms with van der Waals surface area (Å²) < 4.78 is 24.1. The van der Waals surface area contributed by atoms with Crippen LogP contribution in [0.1, 0.15) is 18.4 Å². The lowest BCUT2D eigenvalue weighted by molar-refractivity contribution is -0.139. The molecule has 0 spiro atoms. The Labute approximate surface area is 180 Å². The van der Waals surface area contributed by atoms with Crippen molar-refractivity contribution in [2.75, 3.05) is 26.2 Å². The van der Waals surface area contributed by atoms with Gasteiger partial charge < -0.3 is 14.2 Å². The normalized spacial score (nSPS) is 15.6. The van der Waals surface area contributed by atoms with Crippen LogP contribution in [-0.2, 0) is 11.3 Å². The van der Waals surface area contributed by atoms with Crippen LogP contribution >= 0.6 is 0 Å². The number of nitrogens with zero attached hydrogens (tertiary/aromatic N) is 4. The summed E-state index contributed by atoms with van der Waals surface area (Å²) >= 11 is 0. The molecule has 0 N–H and O–H groups in total. The van der Waals surface area contributed by atoms with Gasteiger partial charge in [0.25, 0.3) is 5.91 Å². The third-order valence-corrected chi connectivity index (χ3v) is 5.29. The minimum atomic E-state index is -0.634. The number of carbonyl (C=O) groups excluding carboxylic acids is 1. The van der Waals surface area contributed by atoms with E-state index in [4.69, 9.17) is 9.26 Å². The Hall–Kier alpha value is -3.26. The monoisotopic (exact) mass is 424 g/mol. The molecule has 2 aromatic carbocycles. The van der Waals surface area contributed by atoms with Gasteiger partial charge in [-0.15, -0.1) is 0 Å². The topological polar surface area (TPSA) is 71.7 Å². The highest BCUT2D eigenvalue weighted by Crippen LogP contribution is 2.18. The van der Waals surface area contributed by atoms with Crippen LogP contribution in [0.4, 0.5) is 4.39 Å². The molecule has 162 valence electrons. The first-order valence-electron chi connectivity index (χ1n) is 10.3. The molecule has 2 heterocycles. The molecule has 1 saturated heterocycles. The first kappa shape index (κ1) is 21.0. The average molecular weight is 424 g/mol. The van der Waals surface area contributed by atoms with Gasteiger partial charge in [-0.05, 0) is 38.1 Å². The summed E-state index contributed by atoms with van der Waals surface area (Å²) in [5, 5.41) is 4.08. The first-order chi connectivity index (χ1) is 15.0. The fourth-order valence-corrected chi connectivity index (χ4v) is 3.48. The average Bonchev–Trinajstić information content (AvgIpc) is 3.24. The van der Waals surface area contributed by atoms with E-state index in [0.717, 1.165) is 5.56 Å². The molecular formula is C23H25FN4O3. The Morgan fingerprint density at radius 3 is 2.45 bits per heavy atom. The number of hydrogen-bond donors (Lipinski definition) is 0. The van der Waals surface area contributed by atoms with E-state index in [1.54, 1.807) is 11.8 Å². The smallest absolute Gasteiger partial charge is 0.263 e. The van der Waals surface area contributed by atoms with Crippen molar-refractivity contribution in [2.24, 2.45) is 0 Å². The molecule has 0 bridgehead atoms. The zero-order valence-electron chi connectivity index (χ0n) is 17.6. The summed E-state index contributed by atoms with van der Waals surface area (Å²) in [6.07, 6.45) is -0.634. The fraction of sp³-hybridized carbons (Fsp3) is 0.348.